The monoisotopic (exact) mass is 308 g/mol. The van der Waals surface area contributed by atoms with Crippen LogP contribution in [0.2, 0.25) is 0 Å². The van der Waals surface area contributed by atoms with Crippen molar-refractivity contribution in [3.63, 3.8) is 0 Å². The molecule has 0 fully saturated rings. The number of rotatable bonds is 4. The number of H-pyrrole nitrogens is 1. The van der Waals surface area contributed by atoms with Gasteiger partial charge >= 0.3 is 5.69 Å². The van der Waals surface area contributed by atoms with E-state index in [1.54, 1.807) is 0 Å². The molecular weight excluding hydrogens is 292 g/mol. The summed E-state index contributed by atoms with van der Waals surface area (Å²) in [4.78, 5) is 25.9. The molecule has 0 aliphatic heterocycles. The third kappa shape index (κ3) is 3.37. The lowest BCUT2D eigenvalue weighted by molar-refractivity contribution is -0.119. The summed E-state index contributed by atoms with van der Waals surface area (Å²) in [6.45, 7) is 1.91. The van der Waals surface area contributed by atoms with Gasteiger partial charge in [0.25, 0.3) is 0 Å². The lowest BCUT2D eigenvalue weighted by Crippen LogP contribution is -2.18. The fraction of sp³-hybridized carbons (Fsp3) is 0.118. The van der Waals surface area contributed by atoms with Gasteiger partial charge in [-0.25, -0.2) is 4.79 Å². The smallest absolute Gasteiger partial charge is 0.348 e. The quantitative estimate of drug-likeness (QED) is 0.772. The summed E-state index contributed by atoms with van der Waals surface area (Å²) in [5.74, 6) is 0.403. The zero-order valence-corrected chi connectivity index (χ0v) is 12.6. The number of nitrogens with one attached hydrogen (secondary N) is 2. The molecule has 1 amide bonds. The zero-order chi connectivity index (χ0) is 16.2. The summed E-state index contributed by atoms with van der Waals surface area (Å²) < 4.78 is 1.33. The number of benzene rings is 2. The Labute approximate surface area is 132 Å². The lowest BCUT2D eigenvalue weighted by Gasteiger charge is -2.04. The van der Waals surface area contributed by atoms with Gasteiger partial charge in [0, 0.05) is 19.0 Å². The van der Waals surface area contributed by atoms with E-state index in [0.717, 1.165) is 11.1 Å². The summed E-state index contributed by atoms with van der Waals surface area (Å²) in [5.41, 5.74) is 2.14. The number of nitrogens with zero attached hydrogens (tertiary/aromatic N) is 2. The molecule has 6 heteroatoms. The van der Waals surface area contributed by atoms with Crippen molar-refractivity contribution in [2.75, 3.05) is 0 Å². The highest BCUT2D eigenvalue weighted by atomic mass is 16.2. The fourth-order valence-electron chi connectivity index (χ4n) is 2.25. The second-order valence-corrected chi connectivity index (χ2v) is 5.14. The van der Waals surface area contributed by atoms with Gasteiger partial charge in [0.2, 0.25) is 5.91 Å². The number of aromatic amines is 1. The Morgan fingerprint density at radius 3 is 2.70 bits per heavy atom. The van der Waals surface area contributed by atoms with Crippen LogP contribution in [0.3, 0.4) is 0 Å². The Balaban J connectivity index is 1.92. The van der Waals surface area contributed by atoms with Gasteiger partial charge in [-0.15, -0.1) is 5.10 Å². The SMILES string of the molecule is CC(=O)NCc1cccc(-c2nn(-c3ccccc3)c(=O)[nH]2)c1. The van der Waals surface area contributed by atoms with Gasteiger partial charge in [-0.3, -0.25) is 9.78 Å². The van der Waals surface area contributed by atoms with Gasteiger partial charge in [-0.1, -0.05) is 36.4 Å². The standard InChI is InChI=1S/C17H16N4O2/c1-12(22)18-11-13-6-5-7-14(10-13)16-19-17(23)21(20-16)15-8-3-2-4-9-15/h2-10H,11H2,1H3,(H,18,22)(H,19,20,23). The highest BCUT2D eigenvalue weighted by Crippen LogP contribution is 2.16. The molecule has 1 aromatic heterocycles. The van der Waals surface area contributed by atoms with E-state index in [0.29, 0.717) is 18.1 Å². The molecular formula is C17H16N4O2. The predicted octanol–water partition coefficient (Wildman–Crippen LogP) is 1.86. The minimum Gasteiger partial charge on any atom is -0.352 e. The highest BCUT2D eigenvalue weighted by Gasteiger charge is 2.09. The second kappa shape index (κ2) is 6.31. The van der Waals surface area contributed by atoms with Crippen LogP contribution in [0.1, 0.15) is 12.5 Å². The Hall–Kier alpha value is -3.15. The van der Waals surface area contributed by atoms with Crippen molar-refractivity contribution >= 4 is 5.91 Å². The van der Waals surface area contributed by atoms with Crippen molar-refractivity contribution in [1.29, 1.82) is 0 Å². The molecule has 0 saturated heterocycles. The zero-order valence-electron chi connectivity index (χ0n) is 12.6. The van der Waals surface area contributed by atoms with Crippen molar-refractivity contribution in [3.8, 4) is 17.1 Å². The molecule has 2 N–H and O–H groups in total. The van der Waals surface area contributed by atoms with Gasteiger partial charge in [0.1, 0.15) is 0 Å². The molecule has 0 bridgehead atoms. The van der Waals surface area contributed by atoms with E-state index in [1.165, 1.54) is 11.6 Å². The molecule has 0 unspecified atom stereocenters. The van der Waals surface area contributed by atoms with Crippen LogP contribution in [-0.2, 0) is 11.3 Å². The molecule has 1 heterocycles. The Morgan fingerprint density at radius 2 is 1.96 bits per heavy atom. The number of amides is 1. The highest BCUT2D eigenvalue weighted by molar-refractivity contribution is 5.72. The largest absolute Gasteiger partial charge is 0.352 e. The minimum absolute atomic E-state index is 0.0860. The molecule has 2 aromatic carbocycles. The maximum atomic E-state index is 12.1. The fourth-order valence-corrected chi connectivity index (χ4v) is 2.25. The number of aromatic nitrogens is 3. The van der Waals surface area contributed by atoms with Crippen molar-refractivity contribution in [2.45, 2.75) is 13.5 Å². The first-order valence-electron chi connectivity index (χ1n) is 7.22. The molecule has 0 aliphatic rings. The molecule has 116 valence electrons. The van der Waals surface area contributed by atoms with E-state index < -0.39 is 0 Å². The number of carbonyl (C=O) groups is 1. The lowest BCUT2D eigenvalue weighted by atomic mass is 10.1. The number of hydrogen-bond donors (Lipinski definition) is 2. The summed E-state index contributed by atoms with van der Waals surface area (Å²) in [6.07, 6.45) is 0. The summed E-state index contributed by atoms with van der Waals surface area (Å²) in [6, 6.07) is 16.8. The second-order valence-electron chi connectivity index (χ2n) is 5.14. The molecule has 6 nitrogen and oxygen atoms in total. The maximum Gasteiger partial charge on any atom is 0.348 e. The average Bonchev–Trinajstić information content (AvgIpc) is 2.96. The molecule has 0 saturated carbocycles. The molecule has 23 heavy (non-hydrogen) atoms. The van der Waals surface area contributed by atoms with Gasteiger partial charge in [0.05, 0.1) is 5.69 Å². The van der Waals surface area contributed by atoms with E-state index in [1.807, 2.05) is 54.6 Å². The summed E-state index contributed by atoms with van der Waals surface area (Å²) in [5, 5.41) is 7.09. The number of para-hydroxylation sites is 1. The summed E-state index contributed by atoms with van der Waals surface area (Å²) in [7, 11) is 0. The average molecular weight is 308 g/mol. The predicted molar refractivity (Wildman–Crippen MR) is 87.1 cm³/mol. The third-order valence-corrected chi connectivity index (χ3v) is 3.36. The van der Waals surface area contributed by atoms with Gasteiger partial charge < -0.3 is 5.32 Å². The molecule has 3 aromatic rings. The first-order valence-corrected chi connectivity index (χ1v) is 7.22. The van der Waals surface area contributed by atoms with Crippen molar-refractivity contribution < 1.29 is 4.79 Å². The normalized spacial score (nSPS) is 10.5. The van der Waals surface area contributed by atoms with E-state index in [4.69, 9.17) is 0 Å². The topological polar surface area (TPSA) is 79.8 Å². The van der Waals surface area contributed by atoms with Crippen molar-refractivity contribution in [1.82, 2.24) is 20.1 Å². The number of carbonyl (C=O) groups excluding carboxylic acids is 1. The van der Waals surface area contributed by atoms with Gasteiger partial charge in [-0.05, 0) is 23.8 Å². The van der Waals surface area contributed by atoms with E-state index in [2.05, 4.69) is 15.4 Å². The summed E-state index contributed by atoms with van der Waals surface area (Å²) >= 11 is 0. The number of hydrogen-bond acceptors (Lipinski definition) is 3. The van der Waals surface area contributed by atoms with Crippen LogP contribution in [0.5, 0.6) is 0 Å². The molecule has 0 radical (unpaired) electrons. The third-order valence-electron chi connectivity index (χ3n) is 3.36. The van der Waals surface area contributed by atoms with Crippen molar-refractivity contribution in [2.24, 2.45) is 0 Å². The van der Waals surface area contributed by atoms with Crippen LogP contribution in [0.4, 0.5) is 0 Å². The van der Waals surface area contributed by atoms with Crippen LogP contribution >= 0.6 is 0 Å². The maximum absolute atomic E-state index is 12.1. The minimum atomic E-state index is -0.293. The van der Waals surface area contributed by atoms with Gasteiger partial charge in [-0.2, -0.15) is 4.68 Å². The molecule has 0 aliphatic carbocycles. The van der Waals surface area contributed by atoms with E-state index in [-0.39, 0.29) is 11.6 Å². The van der Waals surface area contributed by atoms with Gasteiger partial charge in [0.15, 0.2) is 5.82 Å². The van der Waals surface area contributed by atoms with E-state index >= 15 is 0 Å². The Kier molecular flexibility index (Phi) is 4.05. The Bertz CT molecular complexity index is 881. The van der Waals surface area contributed by atoms with Crippen molar-refractivity contribution in [3.05, 3.63) is 70.6 Å². The van der Waals surface area contributed by atoms with Crippen LogP contribution in [0, 0.1) is 0 Å². The van der Waals surface area contributed by atoms with Crippen LogP contribution in [-0.4, -0.2) is 20.7 Å². The van der Waals surface area contributed by atoms with Crippen LogP contribution in [0.15, 0.2) is 59.4 Å². The molecule has 0 spiro atoms. The first-order chi connectivity index (χ1) is 11.1. The van der Waals surface area contributed by atoms with E-state index in [9.17, 15) is 9.59 Å². The Morgan fingerprint density at radius 1 is 1.17 bits per heavy atom. The van der Waals surface area contributed by atoms with Crippen LogP contribution < -0.4 is 11.0 Å². The molecule has 0 atom stereocenters. The van der Waals surface area contributed by atoms with Crippen LogP contribution in [0.25, 0.3) is 17.1 Å². The molecule has 3 rings (SSSR count). The first kappa shape index (κ1) is 14.8.